The topological polar surface area (TPSA) is 30.8 Å². The molecule has 3 rings (SSSR count). The molecule has 2 unspecified atom stereocenters. The molecule has 0 fully saturated rings. The fraction of sp³-hybridized carbons (Fsp3) is 0.417. The zero-order valence-corrected chi connectivity index (χ0v) is 8.64. The van der Waals surface area contributed by atoms with Crippen LogP contribution in [0.1, 0.15) is 24.2 Å². The molecule has 1 heterocycles. The van der Waals surface area contributed by atoms with E-state index in [-0.39, 0.29) is 12.1 Å². The molecule has 0 amide bonds. The van der Waals surface area contributed by atoms with Crippen LogP contribution in [-0.2, 0) is 15.9 Å². The number of fused-ring (bicyclic) bond motifs is 3. The van der Waals surface area contributed by atoms with Crippen molar-refractivity contribution < 1.29 is 9.47 Å². The second kappa shape index (κ2) is 3.26. The van der Waals surface area contributed by atoms with Crippen molar-refractivity contribution in [1.82, 2.24) is 0 Å². The number of hydrogen-bond acceptors (Lipinski definition) is 3. The molecule has 1 aromatic carbocycles. The van der Waals surface area contributed by atoms with Gasteiger partial charge in [0.1, 0.15) is 6.04 Å². The van der Waals surface area contributed by atoms with Crippen LogP contribution in [0.25, 0.3) is 0 Å². The van der Waals surface area contributed by atoms with E-state index in [2.05, 4.69) is 23.2 Å². The monoisotopic (exact) mass is 203 g/mol. The lowest BCUT2D eigenvalue weighted by Crippen LogP contribution is -2.09. The Balaban J connectivity index is 1.87. The summed E-state index contributed by atoms with van der Waals surface area (Å²) in [5.41, 5.74) is 2.62. The van der Waals surface area contributed by atoms with Crippen molar-refractivity contribution in [1.29, 1.82) is 0 Å². The van der Waals surface area contributed by atoms with Crippen molar-refractivity contribution in [2.24, 2.45) is 4.99 Å². The van der Waals surface area contributed by atoms with Gasteiger partial charge in [0.05, 0.1) is 6.61 Å². The van der Waals surface area contributed by atoms with E-state index in [9.17, 15) is 0 Å². The van der Waals surface area contributed by atoms with Crippen LogP contribution in [-0.4, -0.2) is 18.7 Å². The van der Waals surface area contributed by atoms with Gasteiger partial charge in [0.15, 0.2) is 6.10 Å². The normalized spacial score (nSPS) is 26.6. The third-order valence-corrected chi connectivity index (χ3v) is 2.91. The molecule has 0 aromatic heterocycles. The van der Waals surface area contributed by atoms with Crippen molar-refractivity contribution in [3.63, 3.8) is 0 Å². The Morgan fingerprint density at radius 2 is 2.33 bits per heavy atom. The van der Waals surface area contributed by atoms with E-state index in [4.69, 9.17) is 9.47 Å². The zero-order valence-electron chi connectivity index (χ0n) is 8.64. The highest BCUT2D eigenvalue weighted by molar-refractivity contribution is 5.70. The largest absolute Gasteiger partial charge is 0.451 e. The van der Waals surface area contributed by atoms with Crippen LogP contribution in [0.4, 0.5) is 0 Å². The molecular formula is C12H13NO2. The molecule has 0 bridgehead atoms. The lowest BCUT2D eigenvalue weighted by atomic mass is 10.1. The first-order valence-electron chi connectivity index (χ1n) is 5.33. The quantitative estimate of drug-likeness (QED) is 0.699. The van der Waals surface area contributed by atoms with Gasteiger partial charge in [-0.15, -0.1) is 0 Å². The van der Waals surface area contributed by atoms with Gasteiger partial charge in [-0.25, -0.2) is 4.99 Å². The molecule has 15 heavy (non-hydrogen) atoms. The van der Waals surface area contributed by atoms with Crippen LogP contribution in [0.15, 0.2) is 29.3 Å². The number of ether oxygens (including phenoxy) is 2. The van der Waals surface area contributed by atoms with Gasteiger partial charge in [0.25, 0.3) is 0 Å². The maximum Gasteiger partial charge on any atom is 0.384 e. The number of nitrogens with zero attached hydrogens (tertiary/aromatic N) is 1. The first-order valence-corrected chi connectivity index (χ1v) is 5.33. The number of aliphatic imine (C=N–C) groups is 1. The van der Waals surface area contributed by atoms with Crippen LogP contribution in [0, 0.1) is 0 Å². The number of hydrogen-bond donors (Lipinski definition) is 0. The fourth-order valence-electron chi connectivity index (χ4n) is 2.26. The molecule has 2 atom stereocenters. The molecule has 0 N–H and O–H groups in total. The highest BCUT2D eigenvalue weighted by atomic mass is 16.7. The molecule has 0 saturated heterocycles. The summed E-state index contributed by atoms with van der Waals surface area (Å²) in [4.78, 5) is 4.43. The lowest BCUT2D eigenvalue weighted by Gasteiger charge is -2.10. The highest BCUT2D eigenvalue weighted by Crippen LogP contribution is 2.39. The maximum absolute atomic E-state index is 5.68. The second-order valence-corrected chi connectivity index (χ2v) is 3.84. The summed E-state index contributed by atoms with van der Waals surface area (Å²) in [6.45, 7) is 2.55. The summed E-state index contributed by atoms with van der Waals surface area (Å²) >= 11 is 0. The SMILES string of the molecule is CCOC1=NC2Cc3ccccc3C2O1. The summed E-state index contributed by atoms with van der Waals surface area (Å²) in [6.07, 6.45) is 1.52. The van der Waals surface area contributed by atoms with E-state index in [0.29, 0.717) is 12.7 Å². The van der Waals surface area contributed by atoms with E-state index in [1.807, 2.05) is 13.0 Å². The summed E-state index contributed by atoms with van der Waals surface area (Å²) in [6, 6.07) is 8.59. The van der Waals surface area contributed by atoms with E-state index >= 15 is 0 Å². The first-order chi connectivity index (χ1) is 7.38. The Morgan fingerprint density at radius 3 is 3.20 bits per heavy atom. The molecule has 2 aliphatic rings. The standard InChI is InChI=1S/C12H13NO2/c1-2-14-12-13-10-7-8-5-3-4-6-9(8)11(10)15-12/h3-6,10-11H,2,7H2,1H3. The van der Waals surface area contributed by atoms with Crippen molar-refractivity contribution in [3.05, 3.63) is 35.4 Å². The second-order valence-electron chi connectivity index (χ2n) is 3.84. The highest BCUT2D eigenvalue weighted by Gasteiger charge is 2.39. The van der Waals surface area contributed by atoms with Crippen molar-refractivity contribution >= 4 is 6.08 Å². The third-order valence-electron chi connectivity index (χ3n) is 2.91. The summed E-state index contributed by atoms with van der Waals surface area (Å²) in [5, 5.41) is 0. The summed E-state index contributed by atoms with van der Waals surface area (Å²) < 4.78 is 11.0. The lowest BCUT2D eigenvalue weighted by molar-refractivity contribution is 0.135. The van der Waals surface area contributed by atoms with Crippen LogP contribution in [0.3, 0.4) is 0 Å². The Hall–Kier alpha value is -1.51. The summed E-state index contributed by atoms with van der Waals surface area (Å²) in [7, 11) is 0. The average molecular weight is 203 g/mol. The molecule has 3 heteroatoms. The van der Waals surface area contributed by atoms with Gasteiger partial charge in [0, 0.05) is 0 Å². The first kappa shape index (κ1) is 8.77. The number of benzene rings is 1. The predicted molar refractivity (Wildman–Crippen MR) is 56.8 cm³/mol. The molecule has 0 spiro atoms. The van der Waals surface area contributed by atoms with Crippen LogP contribution < -0.4 is 0 Å². The zero-order chi connectivity index (χ0) is 10.3. The van der Waals surface area contributed by atoms with Gasteiger partial charge in [-0.1, -0.05) is 24.3 Å². The fourth-order valence-corrected chi connectivity index (χ4v) is 2.26. The van der Waals surface area contributed by atoms with Crippen LogP contribution >= 0.6 is 0 Å². The Morgan fingerprint density at radius 1 is 1.47 bits per heavy atom. The average Bonchev–Trinajstić information content (AvgIpc) is 2.75. The summed E-state index contributed by atoms with van der Waals surface area (Å²) in [5.74, 6) is 0. The van der Waals surface area contributed by atoms with Gasteiger partial charge in [0.2, 0.25) is 0 Å². The van der Waals surface area contributed by atoms with E-state index in [0.717, 1.165) is 6.42 Å². The predicted octanol–water partition coefficient (Wildman–Crippen LogP) is 2.08. The molecule has 0 radical (unpaired) electrons. The molecule has 1 aliphatic heterocycles. The van der Waals surface area contributed by atoms with Crippen molar-refractivity contribution in [2.75, 3.05) is 6.61 Å². The Labute approximate surface area is 88.7 Å². The number of rotatable bonds is 1. The van der Waals surface area contributed by atoms with E-state index < -0.39 is 0 Å². The van der Waals surface area contributed by atoms with Gasteiger partial charge in [-0.3, -0.25) is 0 Å². The van der Waals surface area contributed by atoms with Crippen molar-refractivity contribution in [3.8, 4) is 0 Å². The van der Waals surface area contributed by atoms with Crippen LogP contribution in [0.2, 0.25) is 0 Å². The molecule has 1 aromatic rings. The van der Waals surface area contributed by atoms with E-state index in [1.165, 1.54) is 11.1 Å². The molecule has 78 valence electrons. The minimum atomic E-state index is 0.0859. The van der Waals surface area contributed by atoms with E-state index in [1.54, 1.807) is 0 Å². The van der Waals surface area contributed by atoms with Crippen molar-refractivity contribution in [2.45, 2.75) is 25.5 Å². The molecule has 1 aliphatic carbocycles. The van der Waals surface area contributed by atoms with Gasteiger partial charge < -0.3 is 9.47 Å². The minimum absolute atomic E-state index is 0.0859. The smallest absolute Gasteiger partial charge is 0.384 e. The van der Waals surface area contributed by atoms with Crippen LogP contribution in [0.5, 0.6) is 0 Å². The van der Waals surface area contributed by atoms with Gasteiger partial charge >= 0.3 is 6.08 Å². The Bertz CT molecular complexity index is 414. The minimum Gasteiger partial charge on any atom is -0.451 e. The molecular weight excluding hydrogens is 190 g/mol. The third kappa shape index (κ3) is 1.30. The molecule has 3 nitrogen and oxygen atoms in total. The maximum atomic E-state index is 5.68. The Kier molecular flexibility index (Phi) is 1.91. The van der Waals surface area contributed by atoms with Gasteiger partial charge in [-0.2, -0.15) is 0 Å². The van der Waals surface area contributed by atoms with Gasteiger partial charge in [-0.05, 0) is 24.5 Å². The molecule has 0 saturated carbocycles.